The van der Waals surface area contributed by atoms with Crippen molar-refractivity contribution in [1.82, 2.24) is 4.98 Å². The number of ether oxygens (including phenoxy) is 1. The van der Waals surface area contributed by atoms with E-state index in [-0.39, 0.29) is 12.5 Å². The number of hydrogen-bond donors (Lipinski definition) is 1. The van der Waals surface area contributed by atoms with Gasteiger partial charge in [0.05, 0.1) is 4.47 Å². The summed E-state index contributed by atoms with van der Waals surface area (Å²) in [5.74, 6) is 0.891. The van der Waals surface area contributed by atoms with Crippen LogP contribution in [-0.2, 0) is 4.79 Å². The Kier molecular flexibility index (Phi) is 4.34. The lowest BCUT2D eigenvalue weighted by molar-refractivity contribution is -0.118. The van der Waals surface area contributed by atoms with E-state index in [1.165, 1.54) is 0 Å². The number of nitrogens with one attached hydrogen (secondary N) is 1. The van der Waals surface area contributed by atoms with Gasteiger partial charge < -0.3 is 10.1 Å². The molecule has 0 radical (unpaired) electrons. The van der Waals surface area contributed by atoms with E-state index in [0.29, 0.717) is 11.6 Å². The highest BCUT2D eigenvalue weighted by Gasteiger charge is 2.09. The van der Waals surface area contributed by atoms with Crippen molar-refractivity contribution in [3.05, 3.63) is 65.3 Å². The van der Waals surface area contributed by atoms with E-state index in [1.54, 1.807) is 18.3 Å². The second-order valence-electron chi connectivity index (χ2n) is 4.65. The maximum absolute atomic E-state index is 11.9. The van der Waals surface area contributed by atoms with Crippen molar-refractivity contribution >= 4 is 38.4 Å². The Morgan fingerprint density at radius 3 is 2.73 bits per heavy atom. The molecule has 0 aliphatic heterocycles. The summed E-state index contributed by atoms with van der Waals surface area (Å²) < 4.78 is 6.44. The number of halogens is 1. The van der Waals surface area contributed by atoms with Gasteiger partial charge in [-0.1, -0.05) is 36.4 Å². The molecular weight excluding hydrogens is 344 g/mol. The lowest BCUT2D eigenvalue weighted by Crippen LogP contribution is -2.20. The number of anilines is 1. The van der Waals surface area contributed by atoms with Gasteiger partial charge in [0.15, 0.2) is 6.61 Å². The number of aromatic nitrogens is 1. The zero-order chi connectivity index (χ0) is 15.4. The second kappa shape index (κ2) is 6.58. The van der Waals surface area contributed by atoms with Gasteiger partial charge in [0.2, 0.25) is 0 Å². The molecule has 0 saturated heterocycles. The molecule has 0 aliphatic rings. The van der Waals surface area contributed by atoms with Gasteiger partial charge in [0.25, 0.3) is 5.91 Å². The summed E-state index contributed by atoms with van der Waals surface area (Å²) in [6.07, 6.45) is 1.62. The molecule has 1 N–H and O–H groups in total. The summed E-state index contributed by atoms with van der Waals surface area (Å²) >= 11 is 3.53. The van der Waals surface area contributed by atoms with Crippen molar-refractivity contribution in [2.75, 3.05) is 11.9 Å². The van der Waals surface area contributed by atoms with Crippen LogP contribution < -0.4 is 10.1 Å². The largest absolute Gasteiger partial charge is 0.483 e. The van der Waals surface area contributed by atoms with Crippen LogP contribution in [0.25, 0.3) is 10.8 Å². The van der Waals surface area contributed by atoms with E-state index in [0.717, 1.165) is 15.2 Å². The molecule has 0 unspecified atom stereocenters. The highest BCUT2D eigenvalue weighted by atomic mass is 79.9. The molecule has 3 rings (SSSR count). The van der Waals surface area contributed by atoms with E-state index in [1.807, 2.05) is 42.5 Å². The molecule has 5 heteroatoms. The fraction of sp³-hybridized carbons (Fsp3) is 0.0588. The molecule has 2 aromatic carbocycles. The molecule has 1 aromatic heterocycles. The molecule has 22 heavy (non-hydrogen) atoms. The maximum atomic E-state index is 11.9. The Morgan fingerprint density at radius 1 is 1.09 bits per heavy atom. The molecule has 1 amide bonds. The van der Waals surface area contributed by atoms with Crippen LogP contribution in [-0.4, -0.2) is 17.5 Å². The zero-order valence-corrected chi connectivity index (χ0v) is 13.2. The van der Waals surface area contributed by atoms with Crippen LogP contribution in [0, 0.1) is 0 Å². The standard InChI is InChI=1S/C17H13BrN2O2/c18-17-13-6-2-1-5-12(13)8-9-14(17)22-11-16(21)20-15-7-3-4-10-19-15/h1-10H,11H2,(H,19,20,21). The first-order chi connectivity index (χ1) is 10.7. The molecule has 0 bridgehead atoms. The minimum absolute atomic E-state index is 0.0759. The molecule has 0 aliphatic carbocycles. The smallest absolute Gasteiger partial charge is 0.263 e. The Labute approximate surface area is 136 Å². The molecule has 0 fully saturated rings. The number of nitrogens with zero attached hydrogens (tertiary/aromatic N) is 1. The monoisotopic (exact) mass is 356 g/mol. The molecular formula is C17H13BrN2O2. The van der Waals surface area contributed by atoms with Gasteiger partial charge in [0.1, 0.15) is 11.6 Å². The molecule has 0 atom stereocenters. The van der Waals surface area contributed by atoms with Crippen LogP contribution in [0.3, 0.4) is 0 Å². The Morgan fingerprint density at radius 2 is 1.91 bits per heavy atom. The summed E-state index contributed by atoms with van der Waals surface area (Å²) in [6.45, 7) is -0.0759. The van der Waals surface area contributed by atoms with Crippen molar-refractivity contribution in [3.8, 4) is 5.75 Å². The summed E-state index contributed by atoms with van der Waals surface area (Å²) in [5.41, 5.74) is 0. The van der Waals surface area contributed by atoms with Crippen molar-refractivity contribution in [1.29, 1.82) is 0 Å². The fourth-order valence-corrected chi connectivity index (χ4v) is 2.69. The maximum Gasteiger partial charge on any atom is 0.263 e. The topological polar surface area (TPSA) is 51.2 Å². The fourth-order valence-electron chi connectivity index (χ4n) is 2.08. The first kappa shape index (κ1) is 14.5. The summed E-state index contributed by atoms with van der Waals surface area (Å²) in [4.78, 5) is 15.9. The lowest BCUT2D eigenvalue weighted by Gasteiger charge is -2.10. The van der Waals surface area contributed by atoms with E-state index in [4.69, 9.17) is 4.74 Å². The van der Waals surface area contributed by atoms with Crippen LogP contribution in [0.15, 0.2) is 65.3 Å². The van der Waals surface area contributed by atoms with Crippen molar-refractivity contribution in [2.45, 2.75) is 0 Å². The van der Waals surface area contributed by atoms with Gasteiger partial charge in [-0.2, -0.15) is 0 Å². The number of pyridine rings is 1. The van der Waals surface area contributed by atoms with Crippen LogP contribution in [0.1, 0.15) is 0 Å². The number of carbonyl (C=O) groups excluding carboxylic acids is 1. The average molecular weight is 357 g/mol. The zero-order valence-electron chi connectivity index (χ0n) is 11.6. The molecule has 1 heterocycles. The third-order valence-corrected chi connectivity index (χ3v) is 3.94. The lowest BCUT2D eigenvalue weighted by atomic mass is 10.1. The first-order valence-corrected chi connectivity index (χ1v) is 7.54. The summed E-state index contributed by atoms with van der Waals surface area (Å²) in [6, 6.07) is 17.1. The molecule has 0 spiro atoms. The molecule has 110 valence electrons. The third-order valence-electron chi connectivity index (χ3n) is 3.12. The Hall–Kier alpha value is -2.40. The van der Waals surface area contributed by atoms with Crippen molar-refractivity contribution in [2.24, 2.45) is 0 Å². The van der Waals surface area contributed by atoms with E-state index in [9.17, 15) is 4.79 Å². The molecule has 0 saturated carbocycles. The number of benzene rings is 2. The number of carbonyl (C=O) groups is 1. The van der Waals surface area contributed by atoms with Crippen molar-refractivity contribution < 1.29 is 9.53 Å². The molecule has 4 nitrogen and oxygen atoms in total. The second-order valence-corrected chi connectivity index (χ2v) is 5.44. The van der Waals surface area contributed by atoms with Crippen molar-refractivity contribution in [3.63, 3.8) is 0 Å². The van der Waals surface area contributed by atoms with Crippen LogP contribution in [0.5, 0.6) is 5.75 Å². The predicted molar refractivity (Wildman–Crippen MR) is 90.0 cm³/mol. The van der Waals surface area contributed by atoms with Crippen LogP contribution >= 0.6 is 15.9 Å². The van der Waals surface area contributed by atoms with Crippen LogP contribution in [0.4, 0.5) is 5.82 Å². The Bertz CT molecular complexity index is 806. The minimum atomic E-state index is -0.251. The highest BCUT2D eigenvalue weighted by Crippen LogP contribution is 2.32. The third kappa shape index (κ3) is 3.26. The Balaban J connectivity index is 1.69. The highest BCUT2D eigenvalue weighted by molar-refractivity contribution is 9.10. The van der Waals surface area contributed by atoms with E-state index >= 15 is 0 Å². The van der Waals surface area contributed by atoms with E-state index in [2.05, 4.69) is 26.2 Å². The number of rotatable bonds is 4. The van der Waals surface area contributed by atoms with Gasteiger partial charge in [0, 0.05) is 6.20 Å². The van der Waals surface area contributed by atoms with Gasteiger partial charge in [-0.05, 0) is 44.9 Å². The van der Waals surface area contributed by atoms with Gasteiger partial charge in [-0.25, -0.2) is 4.98 Å². The number of hydrogen-bond acceptors (Lipinski definition) is 3. The predicted octanol–water partition coefficient (Wildman–Crippen LogP) is 4.01. The molecule has 3 aromatic rings. The normalized spacial score (nSPS) is 10.4. The number of fused-ring (bicyclic) bond motifs is 1. The van der Waals surface area contributed by atoms with E-state index < -0.39 is 0 Å². The van der Waals surface area contributed by atoms with Gasteiger partial charge in [-0.3, -0.25) is 4.79 Å². The quantitative estimate of drug-likeness (QED) is 0.768. The number of amides is 1. The summed E-state index contributed by atoms with van der Waals surface area (Å²) in [7, 11) is 0. The van der Waals surface area contributed by atoms with Gasteiger partial charge in [-0.15, -0.1) is 0 Å². The van der Waals surface area contributed by atoms with Crippen LogP contribution in [0.2, 0.25) is 0 Å². The summed E-state index contributed by atoms with van der Waals surface area (Å²) in [5, 5.41) is 4.84. The minimum Gasteiger partial charge on any atom is -0.483 e. The SMILES string of the molecule is O=C(COc1ccc2ccccc2c1Br)Nc1ccccn1. The van der Waals surface area contributed by atoms with Gasteiger partial charge >= 0.3 is 0 Å². The first-order valence-electron chi connectivity index (χ1n) is 6.75. The average Bonchev–Trinajstić information content (AvgIpc) is 2.55.